The SMILES string of the molecule is Cc1ccc(N(C)C)c(-c2ccco2)c1. The van der Waals surface area contributed by atoms with Crippen LogP contribution >= 0.6 is 0 Å². The van der Waals surface area contributed by atoms with Crippen molar-refractivity contribution in [1.82, 2.24) is 0 Å². The molecule has 2 aromatic rings. The Morgan fingerprint density at radius 2 is 1.93 bits per heavy atom. The largest absolute Gasteiger partial charge is 0.464 e. The van der Waals surface area contributed by atoms with Gasteiger partial charge in [0.1, 0.15) is 5.76 Å². The Labute approximate surface area is 90.1 Å². The summed E-state index contributed by atoms with van der Waals surface area (Å²) in [7, 11) is 4.08. The molecule has 0 fully saturated rings. The lowest BCUT2D eigenvalue weighted by molar-refractivity contribution is 0.582. The van der Waals surface area contributed by atoms with Crippen LogP contribution < -0.4 is 4.90 Å². The smallest absolute Gasteiger partial charge is 0.135 e. The van der Waals surface area contributed by atoms with Gasteiger partial charge in [-0.15, -0.1) is 0 Å². The lowest BCUT2D eigenvalue weighted by Crippen LogP contribution is -2.09. The Morgan fingerprint density at radius 3 is 2.53 bits per heavy atom. The average Bonchev–Trinajstić information content (AvgIpc) is 2.69. The zero-order valence-electron chi connectivity index (χ0n) is 9.32. The molecule has 0 aliphatic carbocycles. The molecule has 0 spiro atoms. The van der Waals surface area contributed by atoms with Gasteiger partial charge in [0, 0.05) is 25.3 Å². The van der Waals surface area contributed by atoms with Crippen molar-refractivity contribution in [3.05, 3.63) is 42.2 Å². The fraction of sp³-hybridized carbons (Fsp3) is 0.231. The Kier molecular flexibility index (Phi) is 2.50. The van der Waals surface area contributed by atoms with Crippen LogP contribution in [0.15, 0.2) is 41.0 Å². The van der Waals surface area contributed by atoms with E-state index in [4.69, 9.17) is 4.42 Å². The third-order valence-electron chi connectivity index (χ3n) is 2.42. The van der Waals surface area contributed by atoms with E-state index in [-0.39, 0.29) is 0 Å². The topological polar surface area (TPSA) is 16.4 Å². The number of benzene rings is 1. The minimum absolute atomic E-state index is 0.919. The van der Waals surface area contributed by atoms with Gasteiger partial charge in [-0.3, -0.25) is 0 Å². The predicted molar refractivity (Wildman–Crippen MR) is 63.2 cm³/mol. The number of hydrogen-bond donors (Lipinski definition) is 0. The second kappa shape index (κ2) is 3.81. The van der Waals surface area contributed by atoms with Gasteiger partial charge in [-0.2, -0.15) is 0 Å². The van der Waals surface area contributed by atoms with Crippen LogP contribution in [0.4, 0.5) is 5.69 Å². The van der Waals surface area contributed by atoms with Crippen molar-refractivity contribution >= 4 is 5.69 Å². The van der Waals surface area contributed by atoms with Crippen molar-refractivity contribution in [3.63, 3.8) is 0 Å². The van der Waals surface area contributed by atoms with E-state index < -0.39 is 0 Å². The molecule has 0 bridgehead atoms. The van der Waals surface area contributed by atoms with Crippen LogP contribution in [0, 0.1) is 6.92 Å². The zero-order valence-corrected chi connectivity index (χ0v) is 9.32. The maximum absolute atomic E-state index is 5.44. The summed E-state index contributed by atoms with van der Waals surface area (Å²) in [5.74, 6) is 0.919. The summed E-state index contributed by atoms with van der Waals surface area (Å²) in [6.07, 6.45) is 1.71. The number of hydrogen-bond acceptors (Lipinski definition) is 2. The van der Waals surface area contributed by atoms with E-state index in [9.17, 15) is 0 Å². The number of aryl methyl sites for hydroxylation is 1. The number of rotatable bonds is 2. The first-order valence-corrected chi connectivity index (χ1v) is 5.00. The van der Waals surface area contributed by atoms with Gasteiger partial charge >= 0.3 is 0 Å². The normalized spacial score (nSPS) is 10.3. The van der Waals surface area contributed by atoms with Gasteiger partial charge in [0.25, 0.3) is 0 Å². The quantitative estimate of drug-likeness (QED) is 0.741. The average molecular weight is 201 g/mol. The summed E-state index contributed by atoms with van der Waals surface area (Å²) in [6.45, 7) is 2.09. The highest BCUT2D eigenvalue weighted by Crippen LogP contribution is 2.30. The highest BCUT2D eigenvalue weighted by molar-refractivity contribution is 5.75. The molecule has 0 saturated carbocycles. The molecular formula is C13H15NO. The van der Waals surface area contributed by atoms with E-state index in [1.807, 2.05) is 26.2 Å². The molecule has 0 aliphatic rings. The molecule has 15 heavy (non-hydrogen) atoms. The van der Waals surface area contributed by atoms with Crippen molar-refractivity contribution in [2.75, 3.05) is 19.0 Å². The molecule has 0 unspecified atom stereocenters. The summed E-state index contributed by atoms with van der Waals surface area (Å²) < 4.78 is 5.44. The van der Waals surface area contributed by atoms with Gasteiger partial charge in [-0.05, 0) is 31.2 Å². The van der Waals surface area contributed by atoms with E-state index in [0.717, 1.165) is 11.3 Å². The fourth-order valence-electron chi connectivity index (χ4n) is 1.67. The van der Waals surface area contributed by atoms with Gasteiger partial charge in [0.2, 0.25) is 0 Å². The number of furan rings is 1. The Bertz CT molecular complexity index is 444. The second-order valence-electron chi connectivity index (χ2n) is 3.89. The molecule has 2 nitrogen and oxygen atoms in total. The van der Waals surface area contributed by atoms with E-state index in [1.165, 1.54) is 11.3 Å². The van der Waals surface area contributed by atoms with Gasteiger partial charge in [0.05, 0.1) is 6.26 Å². The standard InChI is InChI=1S/C13H15NO/c1-10-6-7-12(14(2)3)11(9-10)13-5-4-8-15-13/h4-9H,1-3H3. The van der Waals surface area contributed by atoms with Gasteiger partial charge in [-0.25, -0.2) is 0 Å². The van der Waals surface area contributed by atoms with E-state index in [1.54, 1.807) is 6.26 Å². The summed E-state index contributed by atoms with van der Waals surface area (Å²) >= 11 is 0. The van der Waals surface area contributed by atoms with Crippen LogP contribution in [0.2, 0.25) is 0 Å². The molecule has 2 rings (SSSR count). The number of anilines is 1. The summed E-state index contributed by atoms with van der Waals surface area (Å²) in [6, 6.07) is 10.3. The second-order valence-corrected chi connectivity index (χ2v) is 3.89. The minimum Gasteiger partial charge on any atom is -0.464 e. The Balaban J connectivity index is 2.58. The van der Waals surface area contributed by atoms with Crippen molar-refractivity contribution in [1.29, 1.82) is 0 Å². The minimum atomic E-state index is 0.919. The zero-order chi connectivity index (χ0) is 10.8. The third-order valence-corrected chi connectivity index (χ3v) is 2.42. The molecule has 1 heterocycles. The Hall–Kier alpha value is -1.70. The first kappa shape index (κ1) is 9.84. The van der Waals surface area contributed by atoms with Crippen LogP contribution in [0.5, 0.6) is 0 Å². The van der Waals surface area contributed by atoms with Crippen molar-refractivity contribution < 1.29 is 4.42 Å². The molecule has 1 aromatic carbocycles. The maximum atomic E-state index is 5.44. The molecule has 0 saturated heterocycles. The molecule has 0 N–H and O–H groups in total. The fourth-order valence-corrected chi connectivity index (χ4v) is 1.67. The molecule has 2 heteroatoms. The van der Waals surface area contributed by atoms with Gasteiger partial charge in [0.15, 0.2) is 0 Å². The molecule has 0 aliphatic heterocycles. The lowest BCUT2D eigenvalue weighted by atomic mass is 10.1. The first-order chi connectivity index (χ1) is 7.18. The van der Waals surface area contributed by atoms with Crippen molar-refractivity contribution in [2.45, 2.75) is 6.92 Å². The van der Waals surface area contributed by atoms with E-state index in [2.05, 4.69) is 30.0 Å². The summed E-state index contributed by atoms with van der Waals surface area (Å²) in [4.78, 5) is 2.09. The van der Waals surface area contributed by atoms with Crippen LogP contribution in [-0.2, 0) is 0 Å². The van der Waals surface area contributed by atoms with E-state index in [0.29, 0.717) is 0 Å². The highest BCUT2D eigenvalue weighted by Gasteiger charge is 2.08. The van der Waals surface area contributed by atoms with Crippen LogP contribution in [-0.4, -0.2) is 14.1 Å². The predicted octanol–water partition coefficient (Wildman–Crippen LogP) is 3.32. The van der Waals surface area contributed by atoms with E-state index >= 15 is 0 Å². The van der Waals surface area contributed by atoms with Crippen LogP contribution in [0.25, 0.3) is 11.3 Å². The molecule has 78 valence electrons. The molecular weight excluding hydrogens is 186 g/mol. The summed E-state index contributed by atoms with van der Waals surface area (Å²) in [5.41, 5.74) is 3.56. The van der Waals surface area contributed by atoms with Crippen LogP contribution in [0.1, 0.15) is 5.56 Å². The Morgan fingerprint density at radius 1 is 1.13 bits per heavy atom. The summed E-state index contributed by atoms with van der Waals surface area (Å²) in [5, 5.41) is 0. The lowest BCUT2D eigenvalue weighted by Gasteiger charge is -2.16. The molecule has 0 atom stereocenters. The third kappa shape index (κ3) is 1.89. The number of nitrogens with zero attached hydrogens (tertiary/aromatic N) is 1. The monoisotopic (exact) mass is 201 g/mol. The molecule has 0 amide bonds. The molecule has 1 aromatic heterocycles. The maximum Gasteiger partial charge on any atom is 0.135 e. The van der Waals surface area contributed by atoms with Crippen molar-refractivity contribution in [3.8, 4) is 11.3 Å². The first-order valence-electron chi connectivity index (χ1n) is 5.00. The van der Waals surface area contributed by atoms with Crippen molar-refractivity contribution in [2.24, 2.45) is 0 Å². The van der Waals surface area contributed by atoms with Gasteiger partial charge in [-0.1, -0.05) is 11.6 Å². The highest BCUT2D eigenvalue weighted by atomic mass is 16.3. The van der Waals surface area contributed by atoms with Crippen LogP contribution in [0.3, 0.4) is 0 Å². The van der Waals surface area contributed by atoms with Gasteiger partial charge < -0.3 is 9.32 Å². The molecule has 0 radical (unpaired) electrons.